The van der Waals surface area contributed by atoms with E-state index in [1.807, 2.05) is 0 Å². The minimum absolute atomic E-state index is 0.208. The molecule has 0 unspecified atom stereocenters. The van der Waals surface area contributed by atoms with Gasteiger partial charge in [0.05, 0.1) is 22.0 Å². The average Bonchev–Trinajstić information content (AvgIpc) is 3.10. The number of rotatable bonds is 3. The lowest BCUT2D eigenvalue weighted by atomic mass is 10.0. The van der Waals surface area contributed by atoms with Crippen molar-refractivity contribution in [3.63, 3.8) is 0 Å². The Labute approximate surface area is 213 Å². The fourth-order valence-electron chi connectivity index (χ4n) is 3.52. The van der Waals surface area contributed by atoms with Gasteiger partial charge in [0.15, 0.2) is 11.3 Å². The molecule has 11 heteroatoms. The fourth-order valence-corrected chi connectivity index (χ4v) is 4.14. The maximum Gasteiger partial charge on any atom is 0.434 e. The van der Waals surface area contributed by atoms with E-state index in [-0.39, 0.29) is 16.1 Å². The maximum atomic E-state index is 13.9. The number of benzene rings is 2. The molecular weight excluding hydrogens is 524 g/mol. The Morgan fingerprint density at radius 3 is 2.14 bits per heavy atom. The predicted molar refractivity (Wildman–Crippen MR) is 132 cm³/mol. The van der Waals surface area contributed by atoms with Crippen LogP contribution in [0.5, 0.6) is 0 Å². The fraction of sp³-hybridized carbons (Fsp3) is 0.208. The number of carbonyl (C=O) groups is 1. The molecule has 0 aliphatic carbocycles. The monoisotopic (exact) mass is 540 g/mol. The number of hydrogen-bond acceptors (Lipinski definition) is 3. The Morgan fingerprint density at radius 2 is 1.57 bits per heavy atom. The van der Waals surface area contributed by atoms with E-state index < -0.39 is 28.9 Å². The summed E-state index contributed by atoms with van der Waals surface area (Å²) in [5.41, 5.74) is -1.60. The smallest absolute Gasteiger partial charge is 0.347 e. The van der Waals surface area contributed by atoms with Gasteiger partial charge in [0.1, 0.15) is 0 Å². The van der Waals surface area contributed by atoms with Gasteiger partial charge in [-0.15, -0.1) is 5.10 Å². The van der Waals surface area contributed by atoms with Gasteiger partial charge in [0, 0.05) is 26.5 Å². The van der Waals surface area contributed by atoms with Gasteiger partial charge in [-0.2, -0.15) is 13.2 Å². The van der Waals surface area contributed by atoms with Crippen LogP contribution >= 0.6 is 34.8 Å². The average molecular weight is 542 g/mol. The Bertz CT molecular complexity index is 1440. The summed E-state index contributed by atoms with van der Waals surface area (Å²) in [5.74, 6) is -0.904. The highest BCUT2D eigenvalue weighted by molar-refractivity contribution is 6.35. The van der Waals surface area contributed by atoms with Gasteiger partial charge in [-0.05, 0) is 57.2 Å². The zero-order chi connectivity index (χ0) is 25.7. The first-order valence-electron chi connectivity index (χ1n) is 10.3. The second-order valence-corrected chi connectivity index (χ2v) is 10.1. The molecule has 0 aliphatic rings. The van der Waals surface area contributed by atoms with E-state index in [4.69, 9.17) is 34.8 Å². The second kappa shape index (κ2) is 9.00. The van der Waals surface area contributed by atoms with Gasteiger partial charge in [-0.3, -0.25) is 4.79 Å². The quantitative estimate of drug-likeness (QED) is 0.291. The Kier molecular flexibility index (Phi) is 6.51. The first kappa shape index (κ1) is 25.3. The minimum Gasteiger partial charge on any atom is -0.347 e. The van der Waals surface area contributed by atoms with Gasteiger partial charge in [-0.1, -0.05) is 46.9 Å². The molecular formula is C24H18Cl3F3N4O. The molecule has 0 saturated carbocycles. The number of alkyl halides is 3. The van der Waals surface area contributed by atoms with Gasteiger partial charge >= 0.3 is 6.18 Å². The van der Waals surface area contributed by atoms with Crippen LogP contribution in [0.2, 0.25) is 15.1 Å². The van der Waals surface area contributed by atoms with Crippen molar-refractivity contribution in [1.82, 2.24) is 20.1 Å². The van der Waals surface area contributed by atoms with Crippen LogP contribution in [0.25, 0.3) is 28.0 Å². The van der Waals surface area contributed by atoms with Crippen molar-refractivity contribution in [2.24, 2.45) is 0 Å². The van der Waals surface area contributed by atoms with Gasteiger partial charge in [0.2, 0.25) is 0 Å². The van der Waals surface area contributed by atoms with E-state index in [9.17, 15) is 18.0 Å². The predicted octanol–water partition coefficient (Wildman–Crippen LogP) is 7.59. The number of halogens is 6. The SMILES string of the molecule is CC(C)(C)NC(=O)c1cc2c(-c3ccc(Cl)cc3)n(-c3ccc(Cl)cc3Cl)nc2nc1C(F)(F)F. The van der Waals surface area contributed by atoms with Crippen molar-refractivity contribution in [2.75, 3.05) is 0 Å². The zero-order valence-corrected chi connectivity index (χ0v) is 20.9. The molecule has 0 bridgehead atoms. The summed E-state index contributed by atoms with van der Waals surface area (Å²) < 4.78 is 43.2. The molecule has 1 amide bonds. The molecule has 0 atom stereocenters. The minimum atomic E-state index is -4.89. The van der Waals surface area contributed by atoms with Crippen LogP contribution in [-0.2, 0) is 6.18 Å². The third-order valence-electron chi connectivity index (χ3n) is 4.92. The lowest BCUT2D eigenvalue weighted by Gasteiger charge is -2.21. The highest BCUT2D eigenvalue weighted by atomic mass is 35.5. The van der Waals surface area contributed by atoms with Crippen LogP contribution in [-0.4, -0.2) is 26.2 Å². The van der Waals surface area contributed by atoms with E-state index in [0.717, 1.165) is 6.07 Å². The molecule has 2 aromatic carbocycles. The first-order chi connectivity index (χ1) is 16.2. The first-order valence-corrected chi connectivity index (χ1v) is 11.4. The normalized spacial score (nSPS) is 12.3. The summed E-state index contributed by atoms with van der Waals surface area (Å²) >= 11 is 18.5. The topological polar surface area (TPSA) is 59.8 Å². The van der Waals surface area contributed by atoms with Gasteiger partial charge in [0.25, 0.3) is 5.91 Å². The number of amides is 1. The zero-order valence-electron chi connectivity index (χ0n) is 18.6. The van der Waals surface area contributed by atoms with Crippen LogP contribution in [0.1, 0.15) is 36.8 Å². The van der Waals surface area contributed by atoms with E-state index in [0.29, 0.717) is 27.0 Å². The molecule has 0 fully saturated rings. The summed E-state index contributed by atoms with van der Waals surface area (Å²) in [4.78, 5) is 16.7. The molecule has 0 saturated heterocycles. The molecule has 0 aliphatic heterocycles. The lowest BCUT2D eigenvalue weighted by molar-refractivity contribution is -0.141. The van der Waals surface area contributed by atoms with Crippen molar-refractivity contribution in [1.29, 1.82) is 0 Å². The van der Waals surface area contributed by atoms with Crippen molar-refractivity contribution in [3.05, 3.63) is 74.9 Å². The third kappa shape index (κ3) is 5.24. The standard InChI is InChI=1S/C24H18Cl3F3N4O/c1-23(2,3)32-22(35)16-11-15-19(12-4-6-13(25)7-5-12)34(18-9-8-14(26)10-17(18)27)33-21(15)31-20(16)24(28,29)30/h4-11H,1-3H3,(H,32,35). The van der Waals surface area contributed by atoms with E-state index in [1.165, 1.54) is 10.7 Å². The van der Waals surface area contributed by atoms with Crippen LogP contribution < -0.4 is 5.32 Å². The number of nitrogens with one attached hydrogen (secondary N) is 1. The van der Waals surface area contributed by atoms with Crippen LogP contribution in [0.15, 0.2) is 48.5 Å². The Balaban J connectivity index is 2.08. The number of fused-ring (bicyclic) bond motifs is 1. The summed E-state index contributed by atoms with van der Waals surface area (Å²) in [7, 11) is 0. The number of hydrogen-bond donors (Lipinski definition) is 1. The van der Waals surface area contributed by atoms with Crippen molar-refractivity contribution in [3.8, 4) is 16.9 Å². The van der Waals surface area contributed by atoms with Crippen LogP contribution in [0.3, 0.4) is 0 Å². The second-order valence-electron chi connectivity index (χ2n) is 8.82. The van der Waals surface area contributed by atoms with Crippen LogP contribution in [0, 0.1) is 0 Å². The number of carbonyl (C=O) groups excluding carboxylic acids is 1. The highest BCUT2D eigenvalue weighted by Crippen LogP contribution is 2.38. The molecule has 182 valence electrons. The molecule has 2 heterocycles. The molecule has 1 N–H and O–H groups in total. The maximum absolute atomic E-state index is 13.9. The number of nitrogens with zero attached hydrogens (tertiary/aromatic N) is 3. The summed E-state index contributed by atoms with van der Waals surface area (Å²) in [5, 5.41) is 8.21. The van der Waals surface area contributed by atoms with E-state index in [2.05, 4.69) is 15.4 Å². The van der Waals surface area contributed by atoms with Crippen molar-refractivity contribution >= 4 is 51.7 Å². The van der Waals surface area contributed by atoms with E-state index in [1.54, 1.807) is 57.2 Å². The molecule has 35 heavy (non-hydrogen) atoms. The van der Waals surface area contributed by atoms with Crippen LogP contribution in [0.4, 0.5) is 13.2 Å². The molecule has 0 radical (unpaired) electrons. The molecule has 5 nitrogen and oxygen atoms in total. The summed E-state index contributed by atoms with van der Waals surface area (Å²) in [6.07, 6.45) is -4.89. The summed E-state index contributed by atoms with van der Waals surface area (Å²) in [6.45, 7) is 5.01. The molecule has 4 rings (SSSR count). The molecule has 2 aromatic heterocycles. The van der Waals surface area contributed by atoms with Gasteiger partial charge < -0.3 is 5.32 Å². The third-order valence-corrected chi connectivity index (χ3v) is 5.71. The Hall–Kier alpha value is -2.81. The Morgan fingerprint density at radius 1 is 0.943 bits per heavy atom. The number of aromatic nitrogens is 3. The molecule has 0 spiro atoms. The van der Waals surface area contributed by atoms with Gasteiger partial charge in [-0.25, -0.2) is 9.67 Å². The number of pyridine rings is 1. The largest absolute Gasteiger partial charge is 0.434 e. The highest BCUT2D eigenvalue weighted by Gasteiger charge is 2.39. The van der Waals surface area contributed by atoms with E-state index >= 15 is 0 Å². The van der Waals surface area contributed by atoms with Crippen molar-refractivity contribution < 1.29 is 18.0 Å². The van der Waals surface area contributed by atoms with Crippen molar-refractivity contribution in [2.45, 2.75) is 32.5 Å². The summed E-state index contributed by atoms with van der Waals surface area (Å²) in [6, 6.07) is 12.5. The molecule has 4 aromatic rings. The lowest BCUT2D eigenvalue weighted by Crippen LogP contribution is -2.41.